The molecule has 2 amide bonds. The Hall–Kier alpha value is -1.93. The second-order valence-electron chi connectivity index (χ2n) is 4.17. The number of rotatable bonds is 6. The van der Waals surface area contributed by atoms with Crippen molar-refractivity contribution in [2.75, 3.05) is 19.3 Å². The molecule has 7 nitrogen and oxygen atoms in total. The normalized spacial score (nSPS) is 10.9. The summed E-state index contributed by atoms with van der Waals surface area (Å²) in [5, 5.41) is 4.93. The smallest absolute Gasteiger partial charge is 0.239 e. The fraction of sp³-hybridized carbons (Fsp3) is 0.333. The van der Waals surface area contributed by atoms with Crippen LogP contribution in [0.25, 0.3) is 0 Å². The van der Waals surface area contributed by atoms with Gasteiger partial charge >= 0.3 is 0 Å². The average Bonchev–Trinajstić information content (AvgIpc) is 2.41. The zero-order chi connectivity index (χ0) is 15.2. The van der Waals surface area contributed by atoms with E-state index in [2.05, 4.69) is 10.6 Å². The SMILES string of the molecule is CS(=O)(=O)c1ccc(CNC(=O)CNC(=O)CN)cc1. The first-order valence-corrected chi connectivity index (χ1v) is 7.74. The molecule has 0 heterocycles. The predicted molar refractivity (Wildman–Crippen MR) is 73.5 cm³/mol. The topological polar surface area (TPSA) is 118 Å². The van der Waals surface area contributed by atoms with Crippen LogP contribution in [0.5, 0.6) is 0 Å². The predicted octanol–water partition coefficient (Wildman–Crippen LogP) is -1.22. The van der Waals surface area contributed by atoms with Crippen molar-refractivity contribution >= 4 is 21.7 Å². The molecule has 110 valence electrons. The van der Waals surface area contributed by atoms with E-state index in [0.717, 1.165) is 11.8 Å². The van der Waals surface area contributed by atoms with Crippen LogP contribution in [-0.4, -0.2) is 39.6 Å². The molecule has 0 atom stereocenters. The zero-order valence-electron chi connectivity index (χ0n) is 11.0. The number of benzene rings is 1. The lowest BCUT2D eigenvalue weighted by Gasteiger charge is -2.07. The van der Waals surface area contributed by atoms with Crippen molar-refractivity contribution in [1.29, 1.82) is 0 Å². The maximum Gasteiger partial charge on any atom is 0.239 e. The molecular formula is C12H17N3O4S. The summed E-state index contributed by atoms with van der Waals surface area (Å²) < 4.78 is 22.5. The standard InChI is InChI=1S/C12H17N3O4S/c1-20(18,19)10-4-2-9(3-5-10)7-14-12(17)8-15-11(16)6-13/h2-5H,6-8,13H2,1H3,(H,14,17)(H,15,16). The molecule has 0 aliphatic heterocycles. The third kappa shape index (κ3) is 5.37. The second kappa shape index (κ2) is 7.01. The maximum absolute atomic E-state index is 11.4. The fourth-order valence-electron chi connectivity index (χ4n) is 1.37. The van der Waals surface area contributed by atoms with E-state index in [4.69, 9.17) is 5.73 Å². The number of nitrogens with two attached hydrogens (primary N) is 1. The number of carbonyl (C=O) groups is 2. The monoisotopic (exact) mass is 299 g/mol. The van der Waals surface area contributed by atoms with E-state index in [0.29, 0.717) is 0 Å². The van der Waals surface area contributed by atoms with Gasteiger partial charge in [-0.05, 0) is 17.7 Å². The van der Waals surface area contributed by atoms with Gasteiger partial charge in [-0.15, -0.1) is 0 Å². The van der Waals surface area contributed by atoms with Crippen LogP contribution in [-0.2, 0) is 26.0 Å². The Balaban J connectivity index is 2.46. The van der Waals surface area contributed by atoms with Gasteiger partial charge in [0.05, 0.1) is 18.0 Å². The molecule has 0 aliphatic rings. The molecule has 4 N–H and O–H groups in total. The van der Waals surface area contributed by atoms with E-state index >= 15 is 0 Å². The highest BCUT2D eigenvalue weighted by atomic mass is 32.2. The molecular weight excluding hydrogens is 282 g/mol. The molecule has 1 aromatic rings. The van der Waals surface area contributed by atoms with Gasteiger partial charge in [-0.1, -0.05) is 12.1 Å². The first-order valence-electron chi connectivity index (χ1n) is 5.85. The van der Waals surface area contributed by atoms with Crippen molar-refractivity contribution in [2.45, 2.75) is 11.4 Å². The van der Waals surface area contributed by atoms with Crippen LogP contribution in [0.4, 0.5) is 0 Å². The Kier molecular flexibility index (Phi) is 5.66. The van der Waals surface area contributed by atoms with Gasteiger partial charge in [-0.25, -0.2) is 8.42 Å². The molecule has 20 heavy (non-hydrogen) atoms. The number of hydrogen-bond donors (Lipinski definition) is 3. The number of amides is 2. The molecule has 0 bridgehead atoms. The molecule has 0 spiro atoms. The molecule has 0 fully saturated rings. The van der Waals surface area contributed by atoms with Crippen LogP contribution in [0.1, 0.15) is 5.56 Å². The molecule has 0 aromatic heterocycles. The summed E-state index contributed by atoms with van der Waals surface area (Å²) in [6, 6.07) is 6.20. The van der Waals surface area contributed by atoms with Gasteiger partial charge in [0.25, 0.3) is 0 Å². The van der Waals surface area contributed by atoms with Gasteiger partial charge in [0.1, 0.15) is 0 Å². The van der Waals surface area contributed by atoms with E-state index in [1.54, 1.807) is 12.1 Å². The summed E-state index contributed by atoms with van der Waals surface area (Å²) >= 11 is 0. The number of sulfone groups is 1. The Morgan fingerprint density at radius 1 is 1.10 bits per heavy atom. The molecule has 0 unspecified atom stereocenters. The first kappa shape index (κ1) is 16.1. The average molecular weight is 299 g/mol. The third-order valence-corrected chi connectivity index (χ3v) is 3.60. The Morgan fingerprint density at radius 3 is 2.20 bits per heavy atom. The number of nitrogens with one attached hydrogen (secondary N) is 2. The van der Waals surface area contributed by atoms with Crippen LogP contribution in [0.2, 0.25) is 0 Å². The molecule has 0 saturated carbocycles. The lowest BCUT2D eigenvalue weighted by Crippen LogP contribution is -2.39. The number of carbonyl (C=O) groups excluding carboxylic acids is 2. The highest BCUT2D eigenvalue weighted by molar-refractivity contribution is 7.90. The molecule has 0 saturated heterocycles. The van der Waals surface area contributed by atoms with Gasteiger partial charge in [0.15, 0.2) is 9.84 Å². The van der Waals surface area contributed by atoms with E-state index in [-0.39, 0.29) is 30.4 Å². The van der Waals surface area contributed by atoms with Crippen LogP contribution in [0.3, 0.4) is 0 Å². The minimum atomic E-state index is -3.22. The van der Waals surface area contributed by atoms with Gasteiger partial charge in [0.2, 0.25) is 11.8 Å². The molecule has 1 aromatic carbocycles. The summed E-state index contributed by atoms with van der Waals surface area (Å²) in [6.45, 7) is -0.0565. The van der Waals surface area contributed by atoms with Crippen molar-refractivity contribution in [1.82, 2.24) is 10.6 Å². The summed E-state index contributed by atoms with van der Waals surface area (Å²) in [6.07, 6.45) is 1.13. The highest BCUT2D eigenvalue weighted by Gasteiger charge is 2.07. The largest absolute Gasteiger partial charge is 0.350 e. The minimum absolute atomic E-state index is 0.141. The maximum atomic E-state index is 11.4. The molecule has 0 aliphatic carbocycles. The fourth-order valence-corrected chi connectivity index (χ4v) is 2.00. The highest BCUT2D eigenvalue weighted by Crippen LogP contribution is 2.09. The molecule has 8 heteroatoms. The van der Waals surface area contributed by atoms with Gasteiger partial charge in [0, 0.05) is 12.8 Å². The van der Waals surface area contributed by atoms with E-state index < -0.39 is 15.7 Å². The van der Waals surface area contributed by atoms with E-state index in [9.17, 15) is 18.0 Å². The van der Waals surface area contributed by atoms with Crippen molar-refractivity contribution in [3.05, 3.63) is 29.8 Å². The van der Waals surface area contributed by atoms with Crippen LogP contribution in [0, 0.1) is 0 Å². The minimum Gasteiger partial charge on any atom is -0.350 e. The Bertz CT molecular complexity index is 581. The van der Waals surface area contributed by atoms with E-state index in [1.807, 2.05) is 0 Å². The van der Waals surface area contributed by atoms with Crippen LogP contribution in [0.15, 0.2) is 29.2 Å². The van der Waals surface area contributed by atoms with Gasteiger partial charge in [-0.3, -0.25) is 9.59 Å². The first-order chi connectivity index (χ1) is 9.32. The van der Waals surface area contributed by atoms with Crippen molar-refractivity contribution < 1.29 is 18.0 Å². The van der Waals surface area contributed by atoms with Gasteiger partial charge in [-0.2, -0.15) is 0 Å². The van der Waals surface area contributed by atoms with Crippen LogP contribution >= 0.6 is 0 Å². The second-order valence-corrected chi connectivity index (χ2v) is 6.19. The summed E-state index contributed by atoms with van der Waals surface area (Å²) in [5.74, 6) is -0.753. The zero-order valence-corrected chi connectivity index (χ0v) is 11.9. The lowest BCUT2D eigenvalue weighted by molar-refractivity contribution is -0.125. The van der Waals surface area contributed by atoms with Crippen molar-refractivity contribution in [2.24, 2.45) is 5.73 Å². The third-order valence-electron chi connectivity index (χ3n) is 2.47. The summed E-state index contributed by atoms with van der Waals surface area (Å²) in [7, 11) is -3.22. The van der Waals surface area contributed by atoms with Crippen molar-refractivity contribution in [3.8, 4) is 0 Å². The van der Waals surface area contributed by atoms with Crippen LogP contribution < -0.4 is 16.4 Å². The van der Waals surface area contributed by atoms with Crippen molar-refractivity contribution in [3.63, 3.8) is 0 Å². The summed E-state index contributed by atoms with van der Waals surface area (Å²) in [4.78, 5) is 22.5. The molecule has 1 rings (SSSR count). The lowest BCUT2D eigenvalue weighted by atomic mass is 10.2. The van der Waals surface area contributed by atoms with Gasteiger partial charge < -0.3 is 16.4 Å². The quantitative estimate of drug-likeness (QED) is 0.608. The Labute approximate surface area is 117 Å². The summed E-state index contributed by atoms with van der Waals surface area (Å²) in [5.41, 5.74) is 5.84. The van der Waals surface area contributed by atoms with E-state index in [1.165, 1.54) is 12.1 Å². The number of hydrogen-bond acceptors (Lipinski definition) is 5. The molecule has 0 radical (unpaired) electrons. The Morgan fingerprint density at radius 2 is 1.70 bits per heavy atom.